The first-order valence-corrected chi connectivity index (χ1v) is 9.62. The van der Waals surface area contributed by atoms with Crippen molar-refractivity contribution in [2.75, 3.05) is 14.2 Å². The zero-order chi connectivity index (χ0) is 19.5. The smallest absolute Gasteiger partial charge is 0.161 e. The molecule has 0 bridgehead atoms. The number of nitrogens with zero attached hydrogens (tertiary/aromatic N) is 3. The van der Waals surface area contributed by atoms with Gasteiger partial charge in [-0.2, -0.15) is 5.10 Å². The van der Waals surface area contributed by atoms with E-state index in [1.54, 1.807) is 14.2 Å². The quantitative estimate of drug-likeness (QED) is 0.713. The molecule has 28 heavy (non-hydrogen) atoms. The van der Waals surface area contributed by atoms with Gasteiger partial charge < -0.3 is 14.8 Å². The summed E-state index contributed by atoms with van der Waals surface area (Å²) >= 11 is 0. The fourth-order valence-electron chi connectivity index (χ4n) is 3.81. The van der Waals surface area contributed by atoms with Crippen molar-refractivity contribution in [3.63, 3.8) is 0 Å². The van der Waals surface area contributed by atoms with Gasteiger partial charge in [-0.1, -0.05) is 30.3 Å². The Morgan fingerprint density at radius 1 is 1.11 bits per heavy atom. The minimum atomic E-state index is 0.366. The molecule has 3 aromatic rings. The molecule has 0 spiro atoms. The van der Waals surface area contributed by atoms with Crippen LogP contribution in [0.5, 0.6) is 11.5 Å². The van der Waals surface area contributed by atoms with E-state index in [-0.39, 0.29) is 0 Å². The Balaban J connectivity index is 1.58. The van der Waals surface area contributed by atoms with Gasteiger partial charge in [0.1, 0.15) is 11.6 Å². The zero-order valence-corrected chi connectivity index (χ0v) is 16.6. The van der Waals surface area contributed by atoms with Crippen molar-refractivity contribution in [3.8, 4) is 22.6 Å². The molecule has 0 aliphatic carbocycles. The van der Waals surface area contributed by atoms with Gasteiger partial charge in [-0.25, -0.2) is 9.67 Å². The van der Waals surface area contributed by atoms with Crippen molar-refractivity contribution in [1.82, 2.24) is 20.1 Å². The zero-order valence-electron chi connectivity index (χ0n) is 16.6. The normalized spacial score (nSPS) is 15.9. The van der Waals surface area contributed by atoms with Gasteiger partial charge in [0.05, 0.1) is 20.8 Å². The number of benzene rings is 2. The highest BCUT2D eigenvalue weighted by Gasteiger charge is 2.21. The summed E-state index contributed by atoms with van der Waals surface area (Å²) < 4.78 is 13.1. The minimum Gasteiger partial charge on any atom is -0.493 e. The average molecular weight is 378 g/mol. The van der Waals surface area contributed by atoms with Crippen LogP contribution in [0.2, 0.25) is 0 Å². The summed E-state index contributed by atoms with van der Waals surface area (Å²) in [5, 5.41) is 8.20. The molecule has 4 rings (SSSR count). The molecule has 2 heterocycles. The third kappa shape index (κ3) is 3.73. The Hall–Kier alpha value is -2.86. The summed E-state index contributed by atoms with van der Waals surface area (Å²) in [5.41, 5.74) is 3.50. The molecule has 6 heteroatoms. The van der Waals surface area contributed by atoms with Gasteiger partial charge in [-0.15, -0.1) is 0 Å². The molecule has 1 aromatic heterocycles. The van der Waals surface area contributed by atoms with Crippen LogP contribution in [-0.4, -0.2) is 35.0 Å². The first-order chi connectivity index (χ1) is 13.7. The van der Waals surface area contributed by atoms with Crippen LogP contribution in [0.4, 0.5) is 0 Å². The standard InChI is InChI=1S/C22H26N4O2/c1-15-24-22-10-9-18(14-26(22)25-15)23-13-17-11-20(27-2)21(28-3)12-19(17)16-7-5-4-6-8-16/h4-8,11-12,18,23H,9-10,13-14H2,1-3H3. The number of rotatable bonds is 6. The number of hydrogen-bond acceptors (Lipinski definition) is 5. The van der Waals surface area contributed by atoms with Gasteiger partial charge in [-0.05, 0) is 42.2 Å². The van der Waals surface area contributed by atoms with Gasteiger partial charge in [-0.3, -0.25) is 0 Å². The van der Waals surface area contributed by atoms with Gasteiger partial charge in [0.15, 0.2) is 11.5 Å². The molecule has 6 nitrogen and oxygen atoms in total. The Morgan fingerprint density at radius 3 is 2.61 bits per heavy atom. The number of nitrogens with one attached hydrogen (secondary N) is 1. The van der Waals surface area contributed by atoms with E-state index in [1.807, 2.05) is 17.7 Å². The largest absolute Gasteiger partial charge is 0.493 e. The Morgan fingerprint density at radius 2 is 1.86 bits per heavy atom. The van der Waals surface area contributed by atoms with Crippen LogP contribution in [-0.2, 0) is 19.5 Å². The van der Waals surface area contributed by atoms with E-state index in [9.17, 15) is 0 Å². The SMILES string of the molecule is COc1cc(CNC2CCc3nc(C)nn3C2)c(-c2ccccc2)cc1OC. The molecule has 2 aromatic carbocycles. The van der Waals surface area contributed by atoms with Crippen LogP contribution in [0.1, 0.15) is 23.6 Å². The highest BCUT2D eigenvalue weighted by atomic mass is 16.5. The number of hydrogen-bond donors (Lipinski definition) is 1. The Labute approximate surface area is 165 Å². The van der Waals surface area contributed by atoms with E-state index in [2.05, 4.69) is 51.8 Å². The molecule has 0 radical (unpaired) electrons. The lowest BCUT2D eigenvalue weighted by Crippen LogP contribution is -2.37. The fraction of sp³-hybridized carbons (Fsp3) is 0.364. The third-order valence-corrected chi connectivity index (χ3v) is 5.24. The summed E-state index contributed by atoms with van der Waals surface area (Å²) in [6.07, 6.45) is 2.02. The van der Waals surface area contributed by atoms with Crippen molar-refractivity contribution in [3.05, 3.63) is 59.7 Å². The van der Waals surface area contributed by atoms with Crippen LogP contribution < -0.4 is 14.8 Å². The Bertz CT molecular complexity index is 953. The molecule has 0 amide bonds. The van der Waals surface area contributed by atoms with Crippen molar-refractivity contribution < 1.29 is 9.47 Å². The molecule has 1 aliphatic rings. The van der Waals surface area contributed by atoms with Crippen molar-refractivity contribution in [2.24, 2.45) is 0 Å². The summed E-state index contributed by atoms with van der Waals surface area (Å²) in [4.78, 5) is 4.49. The maximum Gasteiger partial charge on any atom is 0.161 e. The lowest BCUT2D eigenvalue weighted by atomic mass is 9.98. The summed E-state index contributed by atoms with van der Waals surface area (Å²) in [7, 11) is 3.34. The molecule has 1 aliphatic heterocycles. The first kappa shape index (κ1) is 18.5. The van der Waals surface area contributed by atoms with E-state index in [1.165, 1.54) is 5.56 Å². The molecular weight excluding hydrogens is 352 g/mol. The van der Waals surface area contributed by atoms with E-state index in [0.29, 0.717) is 6.04 Å². The maximum absolute atomic E-state index is 5.53. The van der Waals surface area contributed by atoms with Crippen molar-refractivity contribution in [2.45, 2.75) is 38.9 Å². The number of aryl methyl sites for hydroxylation is 2. The first-order valence-electron chi connectivity index (χ1n) is 9.62. The molecular formula is C22H26N4O2. The number of fused-ring (bicyclic) bond motifs is 1. The molecule has 0 saturated carbocycles. The monoisotopic (exact) mass is 378 g/mol. The predicted octanol–water partition coefficient (Wildman–Crippen LogP) is 3.38. The molecule has 1 N–H and O–H groups in total. The van der Waals surface area contributed by atoms with Crippen molar-refractivity contribution in [1.29, 1.82) is 0 Å². The number of methoxy groups -OCH3 is 2. The molecule has 0 fully saturated rings. The second-order valence-electron chi connectivity index (χ2n) is 7.10. The topological polar surface area (TPSA) is 61.2 Å². The van der Waals surface area contributed by atoms with Crippen LogP contribution in [0.3, 0.4) is 0 Å². The molecule has 1 atom stereocenters. The van der Waals surface area contributed by atoms with Crippen LogP contribution in [0, 0.1) is 6.92 Å². The highest BCUT2D eigenvalue weighted by molar-refractivity contribution is 5.71. The van der Waals surface area contributed by atoms with Gasteiger partial charge in [0, 0.05) is 19.0 Å². The lowest BCUT2D eigenvalue weighted by Gasteiger charge is -2.24. The maximum atomic E-state index is 5.53. The van der Waals surface area contributed by atoms with Gasteiger partial charge in [0.25, 0.3) is 0 Å². The fourth-order valence-corrected chi connectivity index (χ4v) is 3.81. The number of aromatic nitrogens is 3. The number of ether oxygens (including phenoxy) is 2. The van der Waals surface area contributed by atoms with E-state index >= 15 is 0 Å². The van der Waals surface area contributed by atoms with Crippen LogP contribution >= 0.6 is 0 Å². The molecule has 0 saturated heterocycles. The minimum absolute atomic E-state index is 0.366. The third-order valence-electron chi connectivity index (χ3n) is 5.24. The van der Waals surface area contributed by atoms with Crippen molar-refractivity contribution >= 4 is 0 Å². The lowest BCUT2D eigenvalue weighted by molar-refractivity contribution is 0.350. The van der Waals surface area contributed by atoms with E-state index in [0.717, 1.165) is 60.2 Å². The average Bonchev–Trinajstić information content (AvgIpc) is 3.11. The predicted molar refractivity (Wildman–Crippen MR) is 109 cm³/mol. The molecule has 1 unspecified atom stereocenters. The second kappa shape index (κ2) is 8.02. The van der Waals surface area contributed by atoms with Crippen LogP contribution in [0.25, 0.3) is 11.1 Å². The highest BCUT2D eigenvalue weighted by Crippen LogP contribution is 2.35. The van der Waals surface area contributed by atoms with Crippen LogP contribution in [0.15, 0.2) is 42.5 Å². The summed E-state index contributed by atoms with van der Waals surface area (Å²) in [5.74, 6) is 3.43. The van der Waals surface area contributed by atoms with Gasteiger partial charge in [0.2, 0.25) is 0 Å². The molecule has 146 valence electrons. The second-order valence-corrected chi connectivity index (χ2v) is 7.10. The summed E-state index contributed by atoms with van der Waals surface area (Å²) in [6.45, 7) is 3.55. The summed E-state index contributed by atoms with van der Waals surface area (Å²) in [6, 6.07) is 14.9. The van der Waals surface area contributed by atoms with E-state index in [4.69, 9.17) is 9.47 Å². The Kier molecular flexibility index (Phi) is 5.30. The van der Waals surface area contributed by atoms with Gasteiger partial charge >= 0.3 is 0 Å². The van der Waals surface area contributed by atoms with E-state index < -0.39 is 0 Å².